The number of para-hydroxylation sites is 1. The van der Waals surface area contributed by atoms with E-state index in [0.29, 0.717) is 24.2 Å². The van der Waals surface area contributed by atoms with Crippen molar-refractivity contribution < 1.29 is 9.18 Å². The predicted octanol–water partition coefficient (Wildman–Crippen LogP) is 5.61. The molecular formula is C28H28FN3O. The fourth-order valence-electron chi connectivity index (χ4n) is 4.99. The van der Waals surface area contributed by atoms with E-state index < -0.39 is 0 Å². The van der Waals surface area contributed by atoms with E-state index in [1.165, 1.54) is 17.7 Å². The maximum Gasteiger partial charge on any atom is 0.268 e. The van der Waals surface area contributed by atoms with Gasteiger partial charge in [-0.25, -0.2) is 4.39 Å². The van der Waals surface area contributed by atoms with E-state index in [1.54, 1.807) is 12.1 Å². The van der Waals surface area contributed by atoms with E-state index in [1.807, 2.05) is 30.3 Å². The van der Waals surface area contributed by atoms with E-state index in [0.717, 1.165) is 41.5 Å². The van der Waals surface area contributed by atoms with E-state index in [4.69, 9.17) is 0 Å². The number of carbonyl (C=O) groups is 1. The largest absolute Gasteiger partial charge is 0.350 e. The molecule has 1 fully saturated rings. The van der Waals surface area contributed by atoms with Crippen molar-refractivity contribution in [3.05, 3.63) is 95.9 Å². The molecule has 0 spiro atoms. The zero-order valence-corrected chi connectivity index (χ0v) is 18.7. The number of aromatic nitrogens is 1. The molecule has 0 saturated carbocycles. The molecule has 0 radical (unpaired) electrons. The number of carbonyl (C=O) groups excluding carboxylic acids is 1. The Balaban J connectivity index is 1.37. The van der Waals surface area contributed by atoms with Crippen LogP contribution < -0.4 is 5.32 Å². The Morgan fingerprint density at radius 2 is 1.76 bits per heavy atom. The third-order valence-corrected chi connectivity index (χ3v) is 6.53. The highest BCUT2D eigenvalue weighted by Crippen LogP contribution is 2.33. The van der Waals surface area contributed by atoms with Crippen molar-refractivity contribution in [2.24, 2.45) is 5.92 Å². The zero-order chi connectivity index (χ0) is 22.8. The topological polar surface area (TPSA) is 48.1 Å². The number of amides is 1. The van der Waals surface area contributed by atoms with Gasteiger partial charge in [-0.2, -0.15) is 0 Å². The molecule has 1 aliphatic rings. The summed E-state index contributed by atoms with van der Waals surface area (Å²) in [5.41, 5.74) is 4.32. The summed E-state index contributed by atoms with van der Waals surface area (Å²) >= 11 is 0. The van der Waals surface area contributed by atoms with E-state index >= 15 is 0 Å². The van der Waals surface area contributed by atoms with E-state index in [-0.39, 0.29) is 11.7 Å². The minimum atomic E-state index is -0.293. The number of hydrogen-bond acceptors (Lipinski definition) is 2. The molecule has 2 heterocycles. The van der Waals surface area contributed by atoms with Gasteiger partial charge in [0.1, 0.15) is 11.5 Å². The number of H-pyrrole nitrogens is 1. The van der Waals surface area contributed by atoms with Crippen molar-refractivity contribution in [3.8, 4) is 11.1 Å². The van der Waals surface area contributed by atoms with Crippen molar-refractivity contribution in [2.45, 2.75) is 25.9 Å². The van der Waals surface area contributed by atoms with Crippen LogP contribution in [0.2, 0.25) is 0 Å². The average Bonchev–Trinajstić information content (AvgIpc) is 3.39. The molecule has 1 aromatic heterocycles. The lowest BCUT2D eigenvalue weighted by molar-refractivity contribution is 0.0936. The summed E-state index contributed by atoms with van der Waals surface area (Å²) in [6.45, 7) is 4.78. The van der Waals surface area contributed by atoms with Crippen LogP contribution in [-0.4, -0.2) is 34.9 Å². The van der Waals surface area contributed by atoms with E-state index in [9.17, 15) is 9.18 Å². The number of hydrogen-bond donors (Lipinski definition) is 2. The summed E-state index contributed by atoms with van der Waals surface area (Å²) < 4.78 is 13.5. The predicted molar refractivity (Wildman–Crippen MR) is 130 cm³/mol. The van der Waals surface area contributed by atoms with Crippen molar-refractivity contribution in [1.29, 1.82) is 0 Å². The molecule has 0 bridgehead atoms. The number of likely N-dealkylation sites (tertiary alicyclic amines) is 1. The lowest BCUT2D eigenvalue weighted by Crippen LogP contribution is -2.40. The molecule has 33 heavy (non-hydrogen) atoms. The van der Waals surface area contributed by atoms with Gasteiger partial charge in [0.05, 0.1) is 0 Å². The molecular weight excluding hydrogens is 413 g/mol. The molecule has 168 valence electrons. The maximum atomic E-state index is 13.5. The van der Waals surface area contributed by atoms with Gasteiger partial charge in [-0.05, 0) is 41.7 Å². The van der Waals surface area contributed by atoms with Crippen molar-refractivity contribution in [1.82, 2.24) is 15.2 Å². The molecule has 4 nitrogen and oxygen atoms in total. The second kappa shape index (κ2) is 9.20. The fourth-order valence-corrected chi connectivity index (χ4v) is 4.99. The summed E-state index contributed by atoms with van der Waals surface area (Å²) in [7, 11) is 0. The molecule has 3 aromatic carbocycles. The quantitative estimate of drug-likeness (QED) is 0.408. The smallest absolute Gasteiger partial charge is 0.268 e. The first-order chi connectivity index (χ1) is 16.1. The van der Waals surface area contributed by atoms with Gasteiger partial charge in [0.2, 0.25) is 0 Å². The van der Waals surface area contributed by atoms with Crippen molar-refractivity contribution in [3.63, 3.8) is 0 Å². The van der Waals surface area contributed by atoms with E-state index in [2.05, 4.69) is 46.4 Å². The Bertz CT molecular complexity index is 1250. The van der Waals surface area contributed by atoms with Crippen molar-refractivity contribution in [2.75, 3.05) is 13.1 Å². The van der Waals surface area contributed by atoms with Crippen LogP contribution in [0.4, 0.5) is 4.39 Å². The minimum Gasteiger partial charge on any atom is -0.350 e. The zero-order valence-electron chi connectivity index (χ0n) is 18.7. The Morgan fingerprint density at radius 1 is 1.03 bits per heavy atom. The van der Waals surface area contributed by atoms with Crippen LogP contribution >= 0.6 is 0 Å². The molecule has 5 rings (SSSR count). The molecule has 2 atom stereocenters. The van der Waals surface area contributed by atoms with Crippen LogP contribution in [0, 0.1) is 11.7 Å². The molecule has 1 saturated heterocycles. The highest BCUT2D eigenvalue weighted by molar-refractivity contribution is 6.09. The van der Waals surface area contributed by atoms with Crippen molar-refractivity contribution >= 4 is 16.8 Å². The van der Waals surface area contributed by atoms with Gasteiger partial charge in [0, 0.05) is 42.1 Å². The van der Waals surface area contributed by atoms with Crippen LogP contribution in [0.1, 0.15) is 29.4 Å². The standard InChI is InChI=1S/C28H28FN3O/c1-19-15-23(32(17-19)18-20-7-3-2-4-8-20)16-30-28(33)27-26(21-11-13-22(29)14-12-21)24-9-5-6-10-25(24)31-27/h2-14,19,23,31H,15-18H2,1H3,(H,30,33)/t19-,23-/m0/s1. The number of halogens is 1. The van der Waals surface area contributed by atoms with Crippen LogP contribution in [0.5, 0.6) is 0 Å². The molecule has 1 amide bonds. The molecule has 2 N–H and O–H groups in total. The van der Waals surface area contributed by atoms with Crippen LogP contribution in [0.3, 0.4) is 0 Å². The van der Waals surface area contributed by atoms with Gasteiger partial charge in [0.25, 0.3) is 5.91 Å². The van der Waals surface area contributed by atoms with Gasteiger partial charge in [-0.15, -0.1) is 0 Å². The first kappa shape index (κ1) is 21.4. The monoisotopic (exact) mass is 441 g/mol. The normalized spacial score (nSPS) is 18.6. The Labute approximate surface area is 193 Å². The summed E-state index contributed by atoms with van der Waals surface area (Å²) in [6.07, 6.45) is 1.06. The number of benzene rings is 3. The summed E-state index contributed by atoms with van der Waals surface area (Å²) in [5, 5.41) is 4.13. The molecule has 0 unspecified atom stereocenters. The lowest BCUT2D eigenvalue weighted by atomic mass is 10.0. The number of aromatic amines is 1. The molecule has 5 heteroatoms. The summed E-state index contributed by atoms with van der Waals surface area (Å²) in [4.78, 5) is 19.1. The number of rotatable bonds is 6. The summed E-state index contributed by atoms with van der Waals surface area (Å²) in [6, 6.07) is 24.9. The van der Waals surface area contributed by atoms with Gasteiger partial charge in [-0.1, -0.05) is 67.6 Å². The Morgan fingerprint density at radius 3 is 2.55 bits per heavy atom. The molecule has 4 aromatic rings. The van der Waals surface area contributed by atoms with Crippen LogP contribution in [0.15, 0.2) is 78.9 Å². The Hall–Kier alpha value is -3.44. The minimum absolute atomic E-state index is 0.135. The van der Waals surface area contributed by atoms with Gasteiger partial charge >= 0.3 is 0 Å². The first-order valence-corrected chi connectivity index (χ1v) is 11.5. The van der Waals surface area contributed by atoms with Gasteiger partial charge < -0.3 is 10.3 Å². The van der Waals surface area contributed by atoms with Crippen LogP contribution in [0.25, 0.3) is 22.0 Å². The number of nitrogens with zero attached hydrogens (tertiary/aromatic N) is 1. The third kappa shape index (κ3) is 4.55. The highest BCUT2D eigenvalue weighted by atomic mass is 19.1. The molecule has 1 aliphatic heterocycles. The second-order valence-electron chi connectivity index (χ2n) is 9.05. The first-order valence-electron chi connectivity index (χ1n) is 11.5. The maximum absolute atomic E-state index is 13.5. The van der Waals surface area contributed by atoms with Crippen LogP contribution in [-0.2, 0) is 6.54 Å². The number of fused-ring (bicyclic) bond motifs is 1. The number of nitrogens with one attached hydrogen (secondary N) is 2. The highest BCUT2D eigenvalue weighted by Gasteiger charge is 2.30. The second-order valence-corrected chi connectivity index (χ2v) is 9.05. The average molecular weight is 442 g/mol. The third-order valence-electron chi connectivity index (χ3n) is 6.53. The Kier molecular flexibility index (Phi) is 5.97. The molecule has 0 aliphatic carbocycles. The SMILES string of the molecule is C[C@H]1C[C@@H](CNC(=O)c2[nH]c3ccccc3c2-c2ccc(F)cc2)N(Cc2ccccc2)C1. The van der Waals surface area contributed by atoms with Gasteiger partial charge in [0.15, 0.2) is 0 Å². The fraction of sp³-hybridized carbons (Fsp3) is 0.250. The van der Waals surface area contributed by atoms with Gasteiger partial charge in [-0.3, -0.25) is 9.69 Å². The lowest BCUT2D eigenvalue weighted by Gasteiger charge is -2.24. The summed E-state index contributed by atoms with van der Waals surface area (Å²) in [5.74, 6) is 0.168.